The first-order valence-corrected chi connectivity index (χ1v) is 10.1. The van der Waals surface area contributed by atoms with Gasteiger partial charge in [-0.05, 0) is 49.4 Å². The van der Waals surface area contributed by atoms with Crippen LogP contribution in [0.5, 0.6) is 0 Å². The molecule has 7 nitrogen and oxygen atoms in total. The maximum Gasteiger partial charge on any atom is 0.261 e. The molecular weight excluding hydrogens is 364 g/mol. The molecule has 152 valence electrons. The second-order valence-electron chi connectivity index (χ2n) is 7.47. The number of nitrogens with zero attached hydrogens (tertiary/aromatic N) is 5. The zero-order valence-electron chi connectivity index (χ0n) is 17.3. The summed E-state index contributed by atoms with van der Waals surface area (Å²) in [5.74, 6) is 0.588. The summed E-state index contributed by atoms with van der Waals surface area (Å²) in [4.78, 5) is 17.8. The predicted octanol–water partition coefficient (Wildman–Crippen LogP) is 2.91. The molecule has 1 aromatic carbocycles. The first kappa shape index (κ1) is 19.3. The highest BCUT2D eigenvalue weighted by Gasteiger charge is 2.19. The molecule has 3 aromatic rings. The summed E-state index contributed by atoms with van der Waals surface area (Å²) in [5.41, 5.74) is 3.64. The number of rotatable bonds is 5. The van der Waals surface area contributed by atoms with Crippen LogP contribution in [-0.4, -0.2) is 57.9 Å². The lowest BCUT2D eigenvalue weighted by Crippen LogP contribution is -2.46. The van der Waals surface area contributed by atoms with Crippen LogP contribution >= 0.6 is 0 Å². The number of likely N-dealkylation sites (N-methyl/N-ethyl adjacent to an activating group) is 1. The fraction of sp³-hybridized carbons (Fsp3) is 0.364. The van der Waals surface area contributed by atoms with Gasteiger partial charge in [-0.15, -0.1) is 0 Å². The Hall–Kier alpha value is -3.06. The molecule has 0 aliphatic carbocycles. The fourth-order valence-electron chi connectivity index (χ4n) is 3.87. The van der Waals surface area contributed by atoms with E-state index < -0.39 is 0 Å². The lowest BCUT2D eigenvalue weighted by Gasteiger charge is -2.35. The molecule has 0 atom stereocenters. The van der Waals surface area contributed by atoms with E-state index in [-0.39, 0.29) is 5.91 Å². The molecule has 1 N–H and O–H groups in total. The smallest absolute Gasteiger partial charge is 0.261 e. The summed E-state index contributed by atoms with van der Waals surface area (Å²) in [7, 11) is 1.84. The van der Waals surface area contributed by atoms with Crippen molar-refractivity contribution in [3.05, 3.63) is 60.0 Å². The number of benzene rings is 1. The van der Waals surface area contributed by atoms with Gasteiger partial charge >= 0.3 is 0 Å². The molecule has 0 spiro atoms. The number of aromatic nitrogens is 3. The van der Waals surface area contributed by atoms with E-state index in [1.54, 1.807) is 10.9 Å². The van der Waals surface area contributed by atoms with Gasteiger partial charge in [-0.1, -0.05) is 6.92 Å². The minimum atomic E-state index is -0.158. The molecule has 1 aliphatic heterocycles. The molecule has 7 heteroatoms. The lowest BCUT2D eigenvalue weighted by atomic mass is 10.1. The second-order valence-corrected chi connectivity index (χ2v) is 7.47. The van der Waals surface area contributed by atoms with Crippen LogP contribution in [0, 0.1) is 6.92 Å². The van der Waals surface area contributed by atoms with E-state index in [0.29, 0.717) is 5.56 Å². The molecule has 1 fully saturated rings. The summed E-state index contributed by atoms with van der Waals surface area (Å²) < 4.78 is 3.61. The summed E-state index contributed by atoms with van der Waals surface area (Å²) in [6.07, 6.45) is 5.43. The SMILES string of the molecule is CCN1CCN(c2ccc(NC(=O)c3cnn(C)c3-n3cccc3)c(C)c2)CC1. The maximum atomic E-state index is 13.0. The first-order valence-electron chi connectivity index (χ1n) is 10.1. The Balaban J connectivity index is 1.50. The van der Waals surface area contributed by atoms with Crippen LogP contribution in [0.25, 0.3) is 5.82 Å². The van der Waals surface area contributed by atoms with Crippen LogP contribution in [0.3, 0.4) is 0 Å². The molecule has 1 amide bonds. The number of nitrogens with one attached hydrogen (secondary N) is 1. The Labute approximate surface area is 171 Å². The van der Waals surface area contributed by atoms with E-state index in [2.05, 4.69) is 39.3 Å². The van der Waals surface area contributed by atoms with E-state index in [1.165, 1.54) is 5.69 Å². The second kappa shape index (κ2) is 8.13. The largest absolute Gasteiger partial charge is 0.369 e. The Morgan fingerprint density at radius 2 is 1.86 bits per heavy atom. The van der Waals surface area contributed by atoms with E-state index >= 15 is 0 Å². The summed E-state index contributed by atoms with van der Waals surface area (Å²) in [6, 6.07) is 10.1. The molecule has 0 radical (unpaired) electrons. The zero-order chi connectivity index (χ0) is 20.4. The monoisotopic (exact) mass is 392 g/mol. The van der Waals surface area contributed by atoms with Gasteiger partial charge in [0, 0.05) is 57.0 Å². The molecule has 2 aromatic heterocycles. The van der Waals surface area contributed by atoms with Gasteiger partial charge < -0.3 is 19.7 Å². The third-order valence-electron chi connectivity index (χ3n) is 5.64. The molecule has 4 rings (SSSR count). The first-order chi connectivity index (χ1) is 14.1. The van der Waals surface area contributed by atoms with Crippen molar-refractivity contribution < 1.29 is 4.79 Å². The van der Waals surface area contributed by atoms with E-state index in [4.69, 9.17) is 0 Å². The number of hydrogen-bond donors (Lipinski definition) is 1. The number of carbonyl (C=O) groups excluding carboxylic acids is 1. The van der Waals surface area contributed by atoms with Gasteiger partial charge in [0.2, 0.25) is 0 Å². The zero-order valence-corrected chi connectivity index (χ0v) is 17.3. The van der Waals surface area contributed by atoms with Crippen molar-refractivity contribution in [2.24, 2.45) is 7.05 Å². The fourth-order valence-corrected chi connectivity index (χ4v) is 3.87. The molecular formula is C22H28N6O. The maximum absolute atomic E-state index is 13.0. The topological polar surface area (TPSA) is 58.3 Å². The molecule has 3 heterocycles. The molecule has 29 heavy (non-hydrogen) atoms. The number of anilines is 2. The van der Waals surface area contributed by atoms with E-state index in [1.807, 2.05) is 49.1 Å². The average molecular weight is 393 g/mol. The molecule has 0 unspecified atom stereocenters. The van der Waals surface area contributed by atoms with Gasteiger partial charge in [-0.25, -0.2) is 0 Å². The highest BCUT2D eigenvalue weighted by Crippen LogP contribution is 2.25. The molecule has 1 aliphatic rings. The Bertz CT molecular complexity index is 983. The van der Waals surface area contributed by atoms with Crippen LogP contribution in [0.2, 0.25) is 0 Å². The summed E-state index contributed by atoms with van der Waals surface area (Å²) >= 11 is 0. The minimum Gasteiger partial charge on any atom is -0.369 e. The van der Waals surface area contributed by atoms with Gasteiger partial charge in [0.1, 0.15) is 11.4 Å². The predicted molar refractivity (Wildman–Crippen MR) is 116 cm³/mol. The quantitative estimate of drug-likeness (QED) is 0.725. The highest BCUT2D eigenvalue weighted by molar-refractivity contribution is 6.06. The highest BCUT2D eigenvalue weighted by atomic mass is 16.1. The third-order valence-corrected chi connectivity index (χ3v) is 5.64. The van der Waals surface area contributed by atoms with Gasteiger partial charge in [0.25, 0.3) is 5.91 Å². The van der Waals surface area contributed by atoms with Crippen LogP contribution < -0.4 is 10.2 Å². The average Bonchev–Trinajstić information content (AvgIpc) is 3.39. The van der Waals surface area contributed by atoms with Gasteiger partial charge in [-0.2, -0.15) is 5.10 Å². The van der Waals surface area contributed by atoms with Crippen molar-refractivity contribution in [3.8, 4) is 5.82 Å². The summed E-state index contributed by atoms with van der Waals surface area (Å²) in [5, 5.41) is 7.33. The van der Waals surface area contributed by atoms with Crippen LogP contribution in [-0.2, 0) is 7.05 Å². The van der Waals surface area contributed by atoms with Crippen molar-refractivity contribution in [2.75, 3.05) is 42.9 Å². The lowest BCUT2D eigenvalue weighted by molar-refractivity contribution is 0.102. The van der Waals surface area contributed by atoms with Crippen LogP contribution in [0.4, 0.5) is 11.4 Å². The normalized spacial score (nSPS) is 14.9. The Morgan fingerprint density at radius 1 is 1.14 bits per heavy atom. The Kier molecular flexibility index (Phi) is 5.40. The van der Waals surface area contributed by atoms with Crippen molar-refractivity contribution >= 4 is 17.3 Å². The van der Waals surface area contributed by atoms with Gasteiger partial charge in [0.05, 0.1) is 6.20 Å². The number of aryl methyl sites for hydroxylation is 2. The number of hydrogen-bond acceptors (Lipinski definition) is 4. The number of piperazine rings is 1. The molecule has 0 saturated carbocycles. The third kappa shape index (κ3) is 3.91. The van der Waals surface area contributed by atoms with Crippen LogP contribution in [0.1, 0.15) is 22.8 Å². The van der Waals surface area contributed by atoms with Gasteiger partial charge in [-0.3, -0.25) is 9.48 Å². The van der Waals surface area contributed by atoms with Crippen LogP contribution in [0.15, 0.2) is 48.9 Å². The van der Waals surface area contributed by atoms with Crippen molar-refractivity contribution in [1.29, 1.82) is 0 Å². The van der Waals surface area contributed by atoms with Crippen molar-refractivity contribution in [1.82, 2.24) is 19.2 Å². The standard InChI is InChI=1S/C22H28N6O/c1-4-26-11-13-27(14-12-26)18-7-8-20(17(2)15-18)24-21(29)19-16-23-25(3)22(19)28-9-5-6-10-28/h5-10,15-16H,4,11-14H2,1-3H3,(H,24,29). The number of amides is 1. The van der Waals surface area contributed by atoms with E-state index in [9.17, 15) is 4.79 Å². The number of carbonyl (C=O) groups is 1. The van der Waals surface area contributed by atoms with Gasteiger partial charge in [0.15, 0.2) is 0 Å². The molecule has 1 saturated heterocycles. The van der Waals surface area contributed by atoms with E-state index in [0.717, 1.165) is 49.8 Å². The van der Waals surface area contributed by atoms with Crippen molar-refractivity contribution in [3.63, 3.8) is 0 Å². The van der Waals surface area contributed by atoms with Crippen molar-refractivity contribution in [2.45, 2.75) is 13.8 Å². The summed E-state index contributed by atoms with van der Waals surface area (Å²) in [6.45, 7) is 9.62. The Morgan fingerprint density at radius 3 is 2.52 bits per heavy atom. The minimum absolute atomic E-state index is 0.158. The molecule has 0 bridgehead atoms.